The van der Waals surface area contributed by atoms with Gasteiger partial charge in [-0.05, 0) is 17.8 Å². The molecule has 16 heavy (non-hydrogen) atoms. The number of hydrogen-bond donors (Lipinski definition) is 0. The predicted octanol–water partition coefficient (Wildman–Crippen LogP) is 6.06. The zero-order valence-corrected chi connectivity index (χ0v) is 12.4. The van der Waals surface area contributed by atoms with E-state index in [-0.39, 0.29) is 0 Å². The normalized spacial score (nSPS) is 26.1. The van der Waals surface area contributed by atoms with Crippen LogP contribution in [0.1, 0.15) is 86.0 Å². The summed E-state index contributed by atoms with van der Waals surface area (Å²) in [6, 6.07) is 0. The lowest BCUT2D eigenvalue weighted by Crippen LogP contribution is -1.95. The molecule has 3 atom stereocenters. The molecule has 0 aromatic carbocycles. The summed E-state index contributed by atoms with van der Waals surface area (Å²) < 4.78 is 0. The molecule has 0 saturated heterocycles. The molecule has 0 aliphatic heterocycles. The van der Waals surface area contributed by atoms with Crippen molar-refractivity contribution in [3.05, 3.63) is 0 Å². The molecule has 3 unspecified atom stereocenters. The molecule has 98 valence electrons. The Bertz CT molecular complexity index is 131. The topological polar surface area (TPSA) is 0 Å². The monoisotopic (exact) mass is 226 g/mol. The van der Waals surface area contributed by atoms with Gasteiger partial charge in [0, 0.05) is 0 Å². The van der Waals surface area contributed by atoms with Crippen molar-refractivity contribution in [3.63, 3.8) is 0 Å². The molecule has 0 aromatic rings. The smallest absolute Gasteiger partial charge is 0.0417 e. The molecule has 0 spiro atoms. The number of unbranched alkanes of at least 4 members (excludes halogenated alkanes) is 2. The van der Waals surface area contributed by atoms with Gasteiger partial charge < -0.3 is 0 Å². The van der Waals surface area contributed by atoms with E-state index in [4.69, 9.17) is 0 Å². The lowest BCUT2D eigenvalue weighted by Gasteiger charge is -2.05. The lowest BCUT2D eigenvalue weighted by molar-refractivity contribution is 0.457. The Labute approximate surface area is 104 Å². The zero-order chi connectivity index (χ0) is 12.4. The summed E-state index contributed by atoms with van der Waals surface area (Å²) in [5.41, 5.74) is 0. The van der Waals surface area contributed by atoms with Crippen molar-refractivity contribution in [3.8, 4) is 0 Å². The predicted molar refractivity (Wildman–Crippen MR) is 75.8 cm³/mol. The second kappa shape index (κ2) is 10.2. The van der Waals surface area contributed by atoms with E-state index < -0.39 is 0 Å². The van der Waals surface area contributed by atoms with Crippen LogP contribution in [0.3, 0.4) is 0 Å². The van der Waals surface area contributed by atoms with E-state index in [2.05, 4.69) is 34.6 Å². The molecule has 0 amide bonds. The maximum atomic E-state index is 2.36. The molecule has 0 bridgehead atoms. The van der Waals surface area contributed by atoms with Crippen molar-refractivity contribution in [2.24, 2.45) is 17.8 Å². The van der Waals surface area contributed by atoms with Gasteiger partial charge in [0.15, 0.2) is 0 Å². The number of rotatable bonds is 5. The van der Waals surface area contributed by atoms with Gasteiger partial charge in [-0.25, -0.2) is 0 Å². The van der Waals surface area contributed by atoms with Crippen molar-refractivity contribution < 1.29 is 0 Å². The van der Waals surface area contributed by atoms with Crippen LogP contribution in [0.4, 0.5) is 0 Å². The van der Waals surface area contributed by atoms with Crippen LogP contribution < -0.4 is 0 Å². The minimum atomic E-state index is 0.955. The van der Waals surface area contributed by atoms with Crippen molar-refractivity contribution in [1.82, 2.24) is 0 Å². The molecule has 1 saturated carbocycles. The fourth-order valence-electron chi connectivity index (χ4n) is 2.28. The summed E-state index contributed by atoms with van der Waals surface area (Å²) in [6.07, 6.45) is 11.4. The van der Waals surface area contributed by atoms with Gasteiger partial charge in [0.25, 0.3) is 0 Å². The third-order valence-corrected chi connectivity index (χ3v) is 4.29. The summed E-state index contributed by atoms with van der Waals surface area (Å²) in [4.78, 5) is 0. The van der Waals surface area contributed by atoms with E-state index in [0.717, 1.165) is 17.8 Å². The van der Waals surface area contributed by atoms with E-state index >= 15 is 0 Å². The van der Waals surface area contributed by atoms with Gasteiger partial charge in [0.1, 0.15) is 0 Å². The summed E-state index contributed by atoms with van der Waals surface area (Å²) >= 11 is 0. The fraction of sp³-hybridized carbons (Fsp3) is 1.00. The zero-order valence-electron chi connectivity index (χ0n) is 12.4. The highest BCUT2D eigenvalue weighted by molar-refractivity contribution is 4.69. The largest absolute Gasteiger partial charge is 0.0654 e. The Morgan fingerprint density at radius 3 is 1.88 bits per heavy atom. The van der Waals surface area contributed by atoms with Gasteiger partial charge in [0.2, 0.25) is 0 Å². The van der Waals surface area contributed by atoms with Crippen LogP contribution in [0.5, 0.6) is 0 Å². The van der Waals surface area contributed by atoms with Gasteiger partial charge >= 0.3 is 0 Å². The lowest BCUT2D eigenvalue weighted by atomic mass is 10.0. The van der Waals surface area contributed by atoms with E-state index in [1.165, 1.54) is 51.4 Å². The molecule has 0 radical (unpaired) electrons. The van der Waals surface area contributed by atoms with Crippen LogP contribution in [0, 0.1) is 17.8 Å². The van der Waals surface area contributed by atoms with Crippen LogP contribution in [0.2, 0.25) is 0 Å². The fourth-order valence-corrected chi connectivity index (χ4v) is 2.28. The minimum absolute atomic E-state index is 0.955. The maximum absolute atomic E-state index is 2.36. The second-order valence-electron chi connectivity index (χ2n) is 5.89. The highest BCUT2D eigenvalue weighted by atomic mass is 14.2. The first-order valence-corrected chi connectivity index (χ1v) is 7.61. The Hall–Kier alpha value is 0. The van der Waals surface area contributed by atoms with Crippen LogP contribution >= 0.6 is 0 Å². The molecule has 1 aliphatic carbocycles. The quantitative estimate of drug-likeness (QED) is 0.500. The Kier molecular flexibility index (Phi) is 10.2. The molecule has 0 aromatic heterocycles. The first-order valence-electron chi connectivity index (χ1n) is 7.61. The van der Waals surface area contributed by atoms with Gasteiger partial charge in [0.05, 0.1) is 0 Å². The van der Waals surface area contributed by atoms with Crippen molar-refractivity contribution in [2.45, 2.75) is 86.0 Å². The second-order valence-corrected chi connectivity index (χ2v) is 5.89. The van der Waals surface area contributed by atoms with Gasteiger partial charge in [-0.2, -0.15) is 0 Å². The summed E-state index contributed by atoms with van der Waals surface area (Å²) in [5.74, 6) is 2.98. The first-order chi connectivity index (χ1) is 7.61. The molecule has 0 N–H and O–H groups in total. The Morgan fingerprint density at radius 2 is 1.56 bits per heavy atom. The number of hydrogen-bond acceptors (Lipinski definition) is 0. The Morgan fingerprint density at radius 1 is 1.00 bits per heavy atom. The van der Waals surface area contributed by atoms with E-state index in [0.29, 0.717) is 0 Å². The molecule has 0 heteroatoms. The highest BCUT2D eigenvalue weighted by Crippen LogP contribution is 2.29. The molecular formula is C16H34. The molecule has 1 rings (SSSR count). The van der Waals surface area contributed by atoms with E-state index in [1.807, 2.05) is 0 Å². The van der Waals surface area contributed by atoms with Crippen LogP contribution in [-0.2, 0) is 0 Å². The average molecular weight is 226 g/mol. The third-order valence-electron chi connectivity index (χ3n) is 4.29. The minimum Gasteiger partial charge on any atom is -0.0654 e. The van der Waals surface area contributed by atoms with Crippen molar-refractivity contribution >= 4 is 0 Å². The average Bonchev–Trinajstić information content (AvgIpc) is 2.64. The van der Waals surface area contributed by atoms with E-state index in [9.17, 15) is 0 Å². The van der Waals surface area contributed by atoms with Crippen molar-refractivity contribution in [1.29, 1.82) is 0 Å². The standard InChI is InChI=1S/C9H20.C7H14/c1-4-6-7-8-9(3)5-2;1-6-4-3-5-7(6)2/h9H,4-8H2,1-3H3;6-7H,3-5H2,1-2H3. The Balaban J connectivity index is 0.000000288. The molecule has 1 aliphatic rings. The molecule has 0 nitrogen and oxygen atoms in total. The third kappa shape index (κ3) is 8.19. The first kappa shape index (κ1) is 16.0. The molecule has 1 fully saturated rings. The van der Waals surface area contributed by atoms with Crippen LogP contribution in [0.25, 0.3) is 0 Å². The van der Waals surface area contributed by atoms with Crippen LogP contribution in [0.15, 0.2) is 0 Å². The highest BCUT2D eigenvalue weighted by Gasteiger charge is 2.17. The SMILES string of the molecule is CC1CCCC1C.CCCCCC(C)CC. The summed E-state index contributed by atoms with van der Waals surface area (Å²) in [6.45, 7) is 11.6. The van der Waals surface area contributed by atoms with Gasteiger partial charge in [-0.1, -0.05) is 86.0 Å². The molecular weight excluding hydrogens is 192 g/mol. The summed E-state index contributed by atoms with van der Waals surface area (Å²) in [5, 5.41) is 0. The van der Waals surface area contributed by atoms with E-state index in [1.54, 1.807) is 0 Å². The van der Waals surface area contributed by atoms with Crippen LogP contribution in [-0.4, -0.2) is 0 Å². The van der Waals surface area contributed by atoms with Gasteiger partial charge in [-0.15, -0.1) is 0 Å². The molecule has 0 heterocycles. The maximum Gasteiger partial charge on any atom is -0.0417 e. The van der Waals surface area contributed by atoms with Crippen molar-refractivity contribution in [2.75, 3.05) is 0 Å². The summed E-state index contributed by atoms with van der Waals surface area (Å²) in [7, 11) is 0. The van der Waals surface area contributed by atoms with Gasteiger partial charge in [-0.3, -0.25) is 0 Å².